The van der Waals surface area contributed by atoms with Crippen molar-refractivity contribution in [2.24, 2.45) is 5.92 Å². The molecular formula is C17H19NO3. The van der Waals surface area contributed by atoms with Crippen LogP contribution < -0.4 is 4.74 Å². The number of phenols is 1. The van der Waals surface area contributed by atoms with Crippen molar-refractivity contribution in [3.8, 4) is 11.5 Å². The lowest BCUT2D eigenvalue weighted by Gasteiger charge is -2.64. The van der Waals surface area contributed by atoms with Crippen molar-refractivity contribution >= 4 is 0 Å². The molecule has 0 amide bonds. The standard InChI is InChI=1S/C17H19NO3/c1-18-15-11-5-4-9(20-2)8-16(11)13-10(17(15,16)18)6-7-12(21-3)14(13)19/h4,6-7,11,15,19H,5,8H2,1-3H3/t11?,15?,16?,17-,18?/m0/s1. The Labute approximate surface area is 124 Å². The predicted octanol–water partition coefficient (Wildman–Crippen LogP) is 2.12. The second kappa shape index (κ2) is 3.22. The number of phenolic OH excluding ortho intramolecular Hbond substituents is 1. The molecule has 5 rings (SSSR count). The zero-order valence-corrected chi connectivity index (χ0v) is 12.5. The first kappa shape index (κ1) is 11.9. The number of benzene rings is 1. The molecule has 1 heterocycles. The number of aromatic hydroxyl groups is 1. The number of rotatable bonds is 2. The van der Waals surface area contributed by atoms with Gasteiger partial charge in [-0.15, -0.1) is 0 Å². The molecule has 1 N–H and O–H groups in total. The summed E-state index contributed by atoms with van der Waals surface area (Å²) < 4.78 is 10.8. The summed E-state index contributed by atoms with van der Waals surface area (Å²) in [6.45, 7) is 0. The third-order valence-electron chi connectivity index (χ3n) is 6.56. The number of methoxy groups -OCH3 is 2. The summed E-state index contributed by atoms with van der Waals surface area (Å²) in [4.78, 5) is 2.48. The smallest absolute Gasteiger partial charge is 0.161 e. The highest BCUT2D eigenvalue weighted by atomic mass is 16.5. The molecule has 2 fully saturated rings. The molecule has 1 aliphatic heterocycles. The Bertz CT molecular complexity index is 712. The van der Waals surface area contributed by atoms with E-state index in [0.717, 1.165) is 24.2 Å². The van der Waals surface area contributed by atoms with Crippen LogP contribution in [0.25, 0.3) is 0 Å². The Hall–Kier alpha value is -1.68. The highest BCUT2D eigenvalue weighted by Crippen LogP contribution is 2.87. The molecule has 21 heavy (non-hydrogen) atoms. The van der Waals surface area contributed by atoms with Crippen molar-refractivity contribution in [1.82, 2.24) is 4.90 Å². The van der Waals surface area contributed by atoms with Crippen molar-refractivity contribution in [3.63, 3.8) is 0 Å². The summed E-state index contributed by atoms with van der Waals surface area (Å²) in [5, 5.41) is 10.7. The van der Waals surface area contributed by atoms with E-state index in [1.165, 1.54) is 5.56 Å². The molecule has 1 saturated carbocycles. The van der Waals surface area contributed by atoms with Gasteiger partial charge in [0.15, 0.2) is 11.5 Å². The van der Waals surface area contributed by atoms with Gasteiger partial charge >= 0.3 is 0 Å². The van der Waals surface area contributed by atoms with Gasteiger partial charge in [0.2, 0.25) is 0 Å². The van der Waals surface area contributed by atoms with Crippen LogP contribution in [0.5, 0.6) is 11.5 Å². The van der Waals surface area contributed by atoms with Gasteiger partial charge in [-0.05, 0) is 37.1 Å². The van der Waals surface area contributed by atoms with Crippen LogP contribution in [0, 0.1) is 5.92 Å². The highest BCUT2D eigenvalue weighted by molar-refractivity contribution is 5.75. The number of hydrogen-bond donors (Lipinski definition) is 1. The number of fused-ring (bicyclic) bond motifs is 2. The van der Waals surface area contributed by atoms with Crippen LogP contribution in [0.4, 0.5) is 0 Å². The molecule has 1 aromatic rings. The van der Waals surface area contributed by atoms with Crippen molar-refractivity contribution in [2.75, 3.05) is 21.3 Å². The first-order chi connectivity index (χ1) is 10.1. The maximum absolute atomic E-state index is 10.7. The minimum absolute atomic E-state index is 0.0282. The lowest BCUT2D eigenvalue weighted by atomic mass is 9.37. The van der Waals surface area contributed by atoms with Gasteiger partial charge in [0.1, 0.15) is 0 Å². The Morgan fingerprint density at radius 1 is 1.29 bits per heavy atom. The molecule has 4 nitrogen and oxygen atoms in total. The van der Waals surface area contributed by atoms with E-state index in [4.69, 9.17) is 9.47 Å². The lowest BCUT2D eigenvalue weighted by molar-refractivity contribution is 0.0290. The molecular weight excluding hydrogens is 266 g/mol. The Balaban J connectivity index is 1.74. The van der Waals surface area contributed by atoms with Crippen molar-refractivity contribution < 1.29 is 14.6 Å². The van der Waals surface area contributed by atoms with Crippen LogP contribution >= 0.6 is 0 Å². The second-order valence-electron chi connectivity index (χ2n) is 6.73. The zero-order chi connectivity index (χ0) is 14.6. The van der Waals surface area contributed by atoms with E-state index >= 15 is 0 Å². The first-order valence-corrected chi connectivity index (χ1v) is 7.51. The van der Waals surface area contributed by atoms with E-state index in [9.17, 15) is 5.11 Å². The largest absolute Gasteiger partial charge is 0.504 e. The van der Waals surface area contributed by atoms with Gasteiger partial charge < -0.3 is 14.6 Å². The second-order valence-corrected chi connectivity index (χ2v) is 6.73. The van der Waals surface area contributed by atoms with Gasteiger partial charge in [-0.25, -0.2) is 0 Å². The number of likely N-dealkylation sites (tertiary alicyclic amines) is 1. The number of likely N-dealkylation sites (N-methyl/N-ethyl adjacent to an activating group) is 1. The lowest BCUT2D eigenvalue weighted by Crippen LogP contribution is -2.67. The molecule has 4 heteroatoms. The Kier molecular flexibility index (Phi) is 1.83. The van der Waals surface area contributed by atoms with E-state index in [1.54, 1.807) is 14.2 Å². The van der Waals surface area contributed by atoms with Gasteiger partial charge in [0.25, 0.3) is 0 Å². The summed E-state index contributed by atoms with van der Waals surface area (Å²) in [5.74, 6) is 2.56. The first-order valence-electron chi connectivity index (χ1n) is 7.51. The van der Waals surface area contributed by atoms with Crippen LogP contribution in [0.15, 0.2) is 24.0 Å². The maximum atomic E-state index is 10.7. The van der Waals surface area contributed by atoms with E-state index < -0.39 is 0 Å². The van der Waals surface area contributed by atoms with Crippen LogP contribution in [-0.2, 0) is 15.7 Å². The van der Waals surface area contributed by atoms with Crippen molar-refractivity contribution in [1.29, 1.82) is 0 Å². The fourth-order valence-corrected chi connectivity index (χ4v) is 5.89. The molecule has 110 valence electrons. The predicted molar refractivity (Wildman–Crippen MR) is 77.4 cm³/mol. The normalized spacial score (nSPS) is 44.0. The SMILES string of the molecule is COC1=CCC2C3N(C)[C@@]34c3ccc(OC)c(O)c3C24C1. The van der Waals surface area contributed by atoms with Crippen LogP contribution in [0.2, 0.25) is 0 Å². The van der Waals surface area contributed by atoms with Gasteiger partial charge in [-0.2, -0.15) is 0 Å². The number of ether oxygens (including phenoxy) is 2. The van der Waals surface area contributed by atoms with Crippen LogP contribution in [0.1, 0.15) is 24.0 Å². The van der Waals surface area contributed by atoms with E-state index in [2.05, 4.69) is 24.1 Å². The summed E-state index contributed by atoms with van der Waals surface area (Å²) in [5.41, 5.74) is 2.58. The fourth-order valence-electron chi connectivity index (χ4n) is 5.89. The summed E-state index contributed by atoms with van der Waals surface area (Å²) in [6.07, 6.45) is 4.15. The highest BCUT2D eigenvalue weighted by Gasteiger charge is 2.92. The minimum Gasteiger partial charge on any atom is -0.504 e. The van der Waals surface area contributed by atoms with E-state index in [-0.39, 0.29) is 11.0 Å². The maximum Gasteiger partial charge on any atom is 0.161 e. The fraction of sp³-hybridized carbons (Fsp3) is 0.529. The molecule has 0 radical (unpaired) electrons. The van der Waals surface area contributed by atoms with Crippen molar-refractivity contribution in [3.05, 3.63) is 35.1 Å². The average molecular weight is 285 g/mol. The van der Waals surface area contributed by atoms with Gasteiger partial charge in [0, 0.05) is 23.4 Å². The van der Waals surface area contributed by atoms with E-state index in [1.807, 2.05) is 6.07 Å². The molecule has 5 atom stereocenters. The monoisotopic (exact) mass is 285 g/mol. The third kappa shape index (κ3) is 0.883. The summed E-state index contributed by atoms with van der Waals surface area (Å²) in [6, 6.07) is 4.66. The summed E-state index contributed by atoms with van der Waals surface area (Å²) >= 11 is 0. The molecule has 0 bridgehead atoms. The molecule has 0 aromatic heterocycles. The van der Waals surface area contributed by atoms with Crippen LogP contribution in [0.3, 0.4) is 0 Å². The third-order valence-corrected chi connectivity index (χ3v) is 6.56. The quantitative estimate of drug-likeness (QED) is 0.845. The minimum atomic E-state index is 0.0282. The molecule has 4 unspecified atom stereocenters. The van der Waals surface area contributed by atoms with Crippen molar-refractivity contribution in [2.45, 2.75) is 29.8 Å². The molecule has 1 aromatic carbocycles. The van der Waals surface area contributed by atoms with Gasteiger partial charge in [-0.1, -0.05) is 6.07 Å². The molecule has 1 saturated heterocycles. The molecule has 2 spiro atoms. The zero-order valence-electron chi connectivity index (χ0n) is 12.5. The van der Waals surface area contributed by atoms with Gasteiger partial charge in [0.05, 0.1) is 25.5 Å². The number of hydrogen-bond acceptors (Lipinski definition) is 4. The number of allylic oxidation sites excluding steroid dienone is 2. The summed E-state index contributed by atoms with van der Waals surface area (Å²) in [7, 11) is 5.56. The topological polar surface area (TPSA) is 41.7 Å². The Morgan fingerprint density at radius 2 is 2.10 bits per heavy atom. The Morgan fingerprint density at radius 3 is 2.81 bits per heavy atom. The van der Waals surface area contributed by atoms with Crippen LogP contribution in [-0.4, -0.2) is 37.3 Å². The molecule has 4 aliphatic rings. The molecule has 3 aliphatic carbocycles. The average Bonchev–Trinajstić information content (AvgIpc) is 3.10. The van der Waals surface area contributed by atoms with E-state index in [0.29, 0.717) is 23.5 Å². The van der Waals surface area contributed by atoms with Gasteiger partial charge in [-0.3, -0.25) is 4.90 Å². The number of nitrogens with zero attached hydrogens (tertiary/aromatic N) is 1.